The van der Waals surface area contributed by atoms with Crippen LogP contribution in [0.5, 0.6) is 0 Å². The summed E-state index contributed by atoms with van der Waals surface area (Å²) >= 11 is 0. The number of para-hydroxylation sites is 2. The van der Waals surface area contributed by atoms with E-state index >= 15 is 4.39 Å². The van der Waals surface area contributed by atoms with E-state index in [0.717, 1.165) is 21.5 Å². The molecule has 0 saturated heterocycles. The van der Waals surface area contributed by atoms with Crippen LogP contribution < -0.4 is 0 Å². The number of nitriles is 1. The van der Waals surface area contributed by atoms with Gasteiger partial charge in [-0.1, -0.05) is 36.4 Å². The molecule has 35 heavy (non-hydrogen) atoms. The lowest BCUT2D eigenvalue weighted by Crippen LogP contribution is -2.18. The number of halogens is 6. The lowest BCUT2D eigenvalue weighted by molar-refractivity contribution is -0.140. The summed E-state index contributed by atoms with van der Waals surface area (Å²) in [6, 6.07) is 17.8. The zero-order valence-corrected chi connectivity index (χ0v) is 17.4. The van der Waals surface area contributed by atoms with E-state index in [1.807, 2.05) is 18.2 Å². The third-order valence-corrected chi connectivity index (χ3v) is 6.21. The number of alkyl halides is 3. The van der Waals surface area contributed by atoms with Crippen molar-refractivity contribution < 1.29 is 26.3 Å². The lowest BCUT2D eigenvalue weighted by atomic mass is 10.0. The number of H-pyrrole nitrogens is 1. The van der Waals surface area contributed by atoms with Crippen molar-refractivity contribution >= 4 is 43.6 Å². The average molecular weight is 479 g/mol. The summed E-state index contributed by atoms with van der Waals surface area (Å²) in [5, 5.41) is 11.3. The highest BCUT2D eigenvalue weighted by Gasteiger charge is 2.43. The van der Waals surface area contributed by atoms with Crippen molar-refractivity contribution in [3.8, 4) is 11.8 Å². The van der Waals surface area contributed by atoms with E-state index < -0.39 is 40.4 Å². The summed E-state index contributed by atoms with van der Waals surface area (Å²) in [6.07, 6.45) is -5.41. The topological polar surface area (TPSA) is 44.5 Å². The number of rotatable bonds is 1. The molecule has 0 aliphatic rings. The first-order valence-corrected chi connectivity index (χ1v) is 10.3. The van der Waals surface area contributed by atoms with Gasteiger partial charge in [-0.25, -0.2) is 13.2 Å². The lowest BCUT2D eigenvalue weighted by Gasteiger charge is -2.18. The van der Waals surface area contributed by atoms with Crippen LogP contribution in [0.3, 0.4) is 0 Å². The van der Waals surface area contributed by atoms with Gasteiger partial charge in [0.1, 0.15) is 22.9 Å². The van der Waals surface area contributed by atoms with E-state index in [2.05, 4.69) is 4.98 Å². The first kappa shape index (κ1) is 21.1. The van der Waals surface area contributed by atoms with E-state index in [1.54, 1.807) is 30.3 Å². The minimum atomic E-state index is -5.41. The molecular formula is C26H11F6N3. The van der Waals surface area contributed by atoms with Crippen molar-refractivity contribution in [3.05, 3.63) is 89.2 Å². The van der Waals surface area contributed by atoms with Crippen LogP contribution in [0.4, 0.5) is 26.3 Å². The summed E-state index contributed by atoms with van der Waals surface area (Å²) in [6.45, 7) is 0. The Balaban J connectivity index is 1.88. The van der Waals surface area contributed by atoms with Gasteiger partial charge in [-0.3, -0.25) is 0 Å². The Hall–Kier alpha value is -4.45. The first-order valence-electron chi connectivity index (χ1n) is 10.3. The standard InChI is InChI=1S/C26H11F6N3/c27-22-16(11-33)23(28)24(29)25(21(22)26(30,31)32)35-19-8-4-2-6-13(19)15-9-18-14(10-20(15)35)12-5-1-3-7-17(12)34-18/h1-10,34H. The van der Waals surface area contributed by atoms with Crippen LogP contribution in [0.15, 0.2) is 60.7 Å². The van der Waals surface area contributed by atoms with E-state index in [0.29, 0.717) is 21.7 Å². The molecule has 0 aliphatic carbocycles. The van der Waals surface area contributed by atoms with Crippen molar-refractivity contribution in [1.29, 1.82) is 5.26 Å². The Morgan fingerprint density at radius 2 is 1.40 bits per heavy atom. The number of hydrogen-bond donors (Lipinski definition) is 1. The first-order chi connectivity index (χ1) is 16.7. The minimum Gasteiger partial charge on any atom is -0.354 e. The summed E-state index contributed by atoms with van der Waals surface area (Å²) in [5.41, 5.74) is -3.30. The average Bonchev–Trinajstić information content (AvgIpc) is 3.34. The Bertz CT molecular complexity index is 1890. The summed E-state index contributed by atoms with van der Waals surface area (Å²) < 4.78 is 88.0. The molecule has 2 heterocycles. The van der Waals surface area contributed by atoms with Crippen LogP contribution in [0.1, 0.15) is 11.1 Å². The number of benzene rings is 4. The van der Waals surface area contributed by atoms with Crippen molar-refractivity contribution in [2.24, 2.45) is 0 Å². The van der Waals surface area contributed by atoms with Gasteiger partial charge in [-0.15, -0.1) is 0 Å². The number of aromatic nitrogens is 2. The van der Waals surface area contributed by atoms with Crippen LogP contribution in [-0.2, 0) is 6.18 Å². The molecule has 0 radical (unpaired) electrons. The number of nitrogens with zero attached hydrogens (tertiary/aromatic N) is 2. The summed E-state index contributed by atoms with van der Waals surface area (Å²) in [7, 11) is 0. The maximum absolute atomic E-state index is 15.3. The van der Waals surface area contributed by atoms with Crippen LogP contribution in [0.25, 0.3) is 49.3 Å². The van der Waals surface area contributed by atoms with Gasteiger partial charge in [0.25, 0.3) is 0 Å². The summed E-state index contributed by atoms with van der Waals surface area (Å²) in [5.74, 6) is -6.10. The van der Waals surface area contributed by atoms with E-state index in [9.17, 15) is 22.0 Å². The third-order valence-electron chi connectivity index (χ3n) is 6.21. The quantitative estimate of drug-likeness (QED) is 0.190. The number of nitrogens with one attached hydrogen (secondary N) is 1. The van der Waals surface area contributed by atoms with Crippen molar-refractivity contribution in [3.63, 3.8) is 0 Å². The van der Waals surface area contributed by atoms with E-state index in [4.69, 9.17) is 5.26 Å². The molecule has 0 bridgehead atoms. The Labute approximate surface area is 192 Å². The number of fused-ring (bicyclic) bond motifs is 6. The summed E-state index contributed by atoms with van der Waals surface area (Å²) in [4.78, 5) is 3.24. The van der Waals surface area contributed by atoms with Gasteiger partial charge in [0, 0.05) is 32.6 Å². The minimum absolute atomic E-state index is 0.118. The van der Waals surface area contributed by atoms with Crippen LogP contribution in [0.2, 0.25) is 0 Å². The van der Waals surface area contributed by atoms with Crippen molar-refractivity contribution in [2.45, 2.75) is 6.18 Å². The van der Waals surface area contributed by atoms with Gasteiger partial charge in [0.15, 0.2) is 17.5 Å². The van der Waals surface area contributed by atoms with Gasteiger partial charge < -0.3 is 9.55 Å². The molecule has 1 N–H and O–H groups in total. The predicted molar refractivity (Wildman–Crippen MR) is 120 cm³/mol. The Morgan fingerprint density at radius 3 is 2.11 bits per heavy atom. The normalized spacial score (nSPS) is 12.3. The molecule has 0 fully saturated rings. The van der Waals surface area contributed by atoms with Crippen molar-refractivity contribution in [1.82, 2.24) is 9.55 Å². The van der Waals surface area contributed by atoms with Crippen molar-refractivity contribution in [2.75, 3.05) is 0 Å². The van der Waals surface area contributed by atoms with E-state index in [1.165, 1.54) is 12.1 Å². The largest absolute Gasteiger partial charge is 0.421 e. The maximum Gasteiger partial charge on any atom is 0.421 e. The van der Waals surface area contributed by atoms with Gasteiger partial charge in [0.2, 0.25) is 0 Å². The highest BCUT2D eigenvalue weighted by molar-refractivity contribution is 6.18. The smallest absolute Gasteiger partial charge is 0.354 e. The highest BCUT2D eigenvalue weighted by Crippen LogP contribution is 2.44. The molecule has 3 nitrogen and oxygen atoms in total. The second-order valence-corrected chi connectivity index (χ2v) is 8.09. The molecule has 9 heteroatoms. The third kappa shape index (κ3) is 2.80. The van der Waals surface area contributed by atoms with Gasteiger partial charge in [-0.05, 0) is 24.3 Å². The molecule has 2 aromatic heterocycles. The predicted octanol–water partition coefficient (Wildman–Crippen LogP) is 7.73. The number of aromatic amines is 1. The second-order valence-electron chi connectivity index (χ2n) is 8.09. The molecule has 0 aliphatic heterocycles. The molecule has 0 amide bonds. The molecule has 0 saturated carbocycles. The second kappa shape index (κ2) is 7.03. The molecule has 0 unspecified atom stereocenters. The Morgan fingerprint density at radius 1 is 0.714 bits per heavy atom. The highest BCUT2D eigenvalue weighted by atomic mass is 19.4. The van der Waals surface area contributed by atoms with Gasteiger partial charge >= 0.3 is 6.18 Å². The molecule has 6 aromatic rings. The molecule has 0 spiro atoms. The SMILES string of the molecule is N#Cc1c(F)c(F)c(-n2c3ccccc3c3cc4[nH]c5ccccc5c4cc32)c(C(F)(F)F)c1F. The van der Waals surface area contributed by atoms with Gasteiger partial charge in [-0.2, -0.15) is 18.4 Å². The van der Waals surface area contributed by atoms with Gasteiger partial charge in [0.05, 0.1) is 11.0 Å². The molecule has 4 aromatic carbocycles. The fourth-order valence-corrected chi connectivity index (χ4v) is 4.77. The van der Waals surface area contributed by atoms with E-state index in [-0.39, 0.29) is 11.0 Å². The molecular weight excluding hydrogens is 468 g/mol. The fraction of sp³-hybridized carbons (Fsp3) is 0.0385. The molecule has 172 valence electrons. The molecule has 6 rings (SSSR count). The maximum atomic E-state index is 15.3. The van der Waals surface area contributed by atoms with Crippen LogP contribution in [0, 0.1) is 28.8 Å². The fourth-order valence-electron chi connectivity index (χ4n) is 4.77. The molecule has 0 atom stereocenters. The van der Waals surface area contributed by atoms with Crippen LogP contribution >= 0.6 is 0 Å². The Kier molecular flexibility index (Phi) is 4.24. The zero-order chi connectivity index (χ0) is 24.6. The monoisotopic (exact) mass is 479 g/mol. The van der Waals surface area contributed by atoms with Crippen LogP contribution in [-0.4, -0.2) is 9.55 Å². The zero-order valence-electron chi connectivity index (χ0n) is 17.4. The number of hydrogen-bond acceptors (Lipinski definition) is 1.